The van der Waals surface area contributed by atoms with Crippen molar-refractivity contribution >= 4 is 11.9 Å². The van der Waals surface area contributed by atoms with Crippen molar-refractivity contribution in [1.29, 1.82) is 0 Å². The van der Waals surface area contributed by atoms with Crippen LogP contribution in [-0.4, -0.2) is 24.6 Å². The number of carbonyl (C=O) groups is 2. The zero-order valence-corrected chi connectivity index (χ0v) is 12.9. The summed E-state index contributed by atoms with van der Waals surface area (Å²) >= 11 is 0. The lowest BCUT2D eigenvalue weighted by Gasteiger charge is -2.28. The third-order valence-corrected chi connectivity index (χ3v) is 3.79. The molecule has 4 nitrogen and oxygen atoms in total. The molecule has 4 heteroatoms. The Morgan fingerprint density at radius 2 is 1.70 bits per heavy atom. The van der Waals surface area contributed by atoms with Gasteiger partial charge in [0, 0.05) is 12.8 Å². The molecular weight excluding hydrogens is 256 g/mol. The zero-order chi connectivity index (χ0) is 14.8. The Labute approximate surface area is 122 Å². The molecule has 0 saturated heterocycles. The van der Waals surface area contributed by atoms with Gasteiger partial charge in [0.1, 0.15) is 6.10 Å². The van der Waals surface area contributed by atoms with Crippen LogP contribution in [0.3, 0.4) is 0 Å². The van der Waals surface area contributed by atoms with Crippen molar-refractivity contribution < 1.29 is 19.1 Å². The molecular formula is C16H28O4. The molecule has 1 saturated carbocycles. The minimum atomic E-state index is -0.166. The van der Waals surface area contributed by atoms with E-state index in [1.54, 1.807) is 0 Å². The van der Waals surface area contributed by atoms with Crippen molar-refractivity contribution in [2.24, 2.45) is 5.92 Å². The molecule has 0 radical (unpaired) electrons. The van der Waals surface area contributed by atoms with Crippen LogP contribution in [0.2, 0.25) is 0 Å². The van der Waals surface area contributed by atoms with E-state index in [0.29, 0.717) is 38.2 Å². The summed E-state index contributed by atoms with van der Waals surface area (Å²) in [5.41, 5.74) is 0. The molecule has 2 unspecified atom stereocenters. The Balaban J connectivity index is 2.06. The number of hydrogen-bond donors (Lipinski definition) is 0. The third kappa shape index (κ3) is 6.92. The molecule has 1 aliphatic rings. The molecule has 0 aromatic heterocycles. The Hall–Kier alpha value is -1.06. The average Bonchev–Trinajstić information content (AvgIpc) is 2.44. The Morgan fingerprint density at radius 1 is 1.05 bits per heavy atom. The molecule has 0 aromatic carbocycles. The van der Waals surface area contributed by atoms with Crippen molar-refractivity contribution in [2.75, 3.05) is 6.61 Å². The second-order valence-corrected chi connectivity index (χ2v) is 5.72. The fraction of sp³-hybridized carbons (Fsp3) is 0.875. The Bertz CT molecular complexity index is 301. The first-order valence-corrected chi connectivity index (χ1v) is 7.98. The number of ether oxygens (including phenoxy) is 2. The molecule has 1 aliphatic carbocycles. The maximum Gasteiger partial charge on any atom is 0.306 e. The van der Waals surface area contributed by atoms with Crippen LogP contribution in [0, 0.1) is 5.92 Å². The van der Waals surface area contributed by atoms with Gasteiger partial charge in [0.25, 0.3) is 0 Å². The van der Waals surface area contributed by atoms with Gasteiger partial charge in [-0.05, 0) is 44.4 Å². The quantitative estimate of drug-likeness (QED) is 0.504. The van der Waals surface area contributed by atoms with E-state index in [1.807, 2.05) is 6.92 Å². The van der Waals surface area contributed by atoms with Gasteiger partial charge < -0.3 is 9.47 Å². The standard InChI is InChI=1S/C16H28O4/c1-3-12-19-15(17)10-6-7-11-16(18)20-14-9-5-4-8-13(14)2/h13-14H,3-12H2,1-2H3. The molecule has 0 aliphatic heterocycles. The van der Waals surface area contributed by atoms with E-state index in [2.05, 4.69) is 6.92 Å². The lowest BCUT2D eigenvalue weighted by molar-refractivity contribution is -0.153. The van der Waals surface area contributed by atoms with Crippen LogP contribution in [0.5, 0.6) is 0 Å². The van der Waals surface area contributed by atoms with E-state index in [1.165, 1.54) is 6.42 Å². The monoisotopic (exact) mass is 284 g/mol. The third-order valence-electron chi connectivity index (χ3n) is 3.79. The molecule has 1 fully saturated rings. The minimum Gasteiger partial charge on any atom is -0.466 e. The van der Waals surface area contributed by atoms with Gasteiger partial charge in [0.2, 0.25) is 0 Å². The molecule has 0 N–H and O–H groups in total. The van der Waals surface area contributed by atoms with Gasteiger partial charge in [-0.25, -0.2) is 0 Å². The lowest BCUT2D eigenvalue weighted by Crippen LogP contribution is -2.28. The first kappa shape index (κ1) is 17.0. The lowest BCUT2D eigenvalue weighted by atomic mass is 9.88. The van der Waals surface area contributed by atoms with E-state index in [9.17, 15) is 9.59 Å². The topological polar surface area (TPSA) is 52.6 Å². The maximum absolute atomic E-state index is 11.7. The average molecular weight is 284 g/mol. The normalized spacial score (nSPS) is 22.3. The summed E-state index contributed by atoms with van der Waals surface area (Å²) < 4.78 is 10.5. The van der Waals surface area contributed by atoms with Crippen LogP contribution in [0.15, 0.2) is 0 Å². The van der Waals surface area contributed by atoms with Crippen molar-refractivity contribution in [3.05, 3.63) is 0 Å². The van der Waals surface area contributed by atoms with E-state index >= 15 is 0 Å². The SMILES string of the molecule is CCCOC(=O)CCCCC(=O)OC1CCCCC1C. The smallest absolute Gasteiger partial charge is 0.306 e. The number of rotatable bonds is 8. The summed E-state index contributed by atoms with van der Waals surface area (Å²) in [4.78, 5) is 23.0. The van der Waals surface area contributed by atoms with Crippen molar-refractivity contribution in [3.8, 4) is 0 Å². The first-order valence-electron chi connectivity index (χ1n) is 7.98. The Kier molecular flexibility index (Phi) is 8.31. The van der Waals surface area contributed by atoms with Crippen molar-refractivity contribution in [1.82, 2.24) is 0 Å². The predicted molar refractivity (Wildman–Crippen MR) is 77.2 cm³/mol. The van der Waals surface area contributed by atoms with Crippen molar-refractivity contribution in [2.45, 2.75) is 77.7 Å². The number of carbonyl (C=O) groups excluding carboxylic acids is 2. The summed E-state index contributed by atoms with van der Waals surface area (Å²) in [5, 5.41) is 0. The summed E-state index contributed by atoms with van der Waals surface area (Å²) in [6.45, 7) is 4.61. The molecule has 0 amide bonds. The van der Waals surface area contributed by atoms with Crippen molar-refractivity contribution in [3.63, 3.8) is 0 Å². The van der Waals surface area contributed by atoms with Crippen LogP contribution < -0.4 is 0 Å². The van der Waals surface area contributed by atoms with E-state index < -0.39 is 0 Å². The van der Waals surface area contributed by atoms with Crippen LogP contribution in [0.1, 0.15) is 71.6 Å². The molecule has 0 spiro atoms. The summed E-state index contributed by atoms with van der Waals surface area (Å²) in [7, 11) is 0. The summed E-state index contributed by atoms with van der Waals surface area (Å²) in [5.74, 6) is 0.198. The minimum absolute atomic E-state index is 0.103. The van der Waals surface area contributed by atoms with Gasteiger partial charge in [-0.1, -0.05) is 20.3 Å². The second-order valence-electron chi connectivity index (χ2n) is 5.72. The second kappa shape index (κ2) is 9.78. The molecule has 2 atom stereocenters. The van der Waals surface area contributed by atoms with E-state index in [0.717, 1.165) is 25.7 Å². The maximum atomic E-state index is 11.7. The highest BCUT2D eigenvalue weighted by atomic mass is 16.5. The summed E-state index contributed by atoms with van der Waals surface area (Å²) in [6.07, 6.45) is 7.69. The fourth-order valence-corrected chi connectivity index (χ4v) is 2.51. The highest BCUT2D eigenvalue weighted by Crippen LogP contribution is 2.26. The number of esters is 2. The molecule has 20 heavy (non-hydrogen) atoms. The van der Waals surface area contributed by atoms with E-state index in [-0.39, 0.29) is 18.0 Å². The van der Waals surface area contributed by atoms with Gasteiger partial charge >= 0.3 is 11.9 Å². The molecule has 0 bridgehead atoms. The van der Waals surface area contributed by atoms with Crippen LogP contribution >= 0.6 is 0 Å². The Morgan fingerprint density at radius 3 is 2.35 bits per heavy atom. The highest BCUT2D eigenvalue weighted by Gasteiger charge is 2.24. The van der Waals surface area contributed by atoms with Gasteiger partial charge in [-0.2, -0.15) is 0 Å². The number of unbranched alkanes of at least 4 members (excludes halogenated alkanes) is 1. The predicted octanol–water partition coefficient (Wildman–Crippen LogP) is 3.62. The number of hydrogen-bond acceptors (Lipinski definition) is 4. The largest absolute Gasteiger partial charge is 0.466 e. The van der Waals surface area contributed by atoms with Gasteiger partial charge in [-0.15, -0.1) is 0 Å². The highest BCUT2D eigenvalue weighted by molar-refractivity contribution is 5.70. The van der Waals surface area contributed by atoms with Gasteiger partial charge in [-0.3, -0.25) is 9.59 Å². The first-order chi connectivity index (χ1) is 9.63. The van der Waals surface area contributed by atoms with E-state index in [4.69, 9.17) is 9.47 Å². The zero-order valence-electron chi connectivity index (χ0n) is 12.9. The van der Waals surface area contributed by atoms with Gasteiger partial charge in [0.15, 0.2) is 0 Å². The van der Waals surface area contributed by atoms with Crippen LogP contribution in [0.25, 0.3) is 0 Å². The van der Waals surface area contributed by atoms with Gasteiger partial charge in [0.05, 0.1) is 6.61 Å². The fourth-order valence-electron chi connectivity index (χ4n) is 2.51. The molecule has 0 aromatic rings. The molecule has 116 valence electrons. The van der Waals surface area contributed by atoms with Crippen LogP contribution in [-0.2, 0) is 19.1 Å². The molecule has 0 heterocycles. The van der Waals surface area contributed by atoms with Crippen LogP contribution in [0.4, 0.5) is 0 Å². The molecule has 1 rings (SSSR count). The summed E-state index contributed by atoms with van der Waals surface area (Å²) in [6, 6.07) is 0.